The predicted molar refractivity (Wildman–Crippen MR) is 90.8 cm³/mol. The Labute approximate surface area is 160 Å². The van der Waals surface area contributed by atoms with Crippen molar-refractivity contribution in [1.82, 2.24) is 9.97 Å². The number of H-pyrrole nitrogens is 1. The summed E-state index contributed by atoms with van der Waals surface area (Å²) in [6, 6.07) is 0. The van der Waals surface area contributed by atoms with E-state index in [9.17, 15) is 24.0 Å². The maximum Gasteiger partial charge on any atom is 0.303 e. The van der Waals surface area contributed by atoms with Crippen LogP contribution < -0.4 is 0 Å². The smallest absolute Gasteiger partial charge is 0.303 e. The van der Waals surface area contributed by atoms with Gasteiger partial charge in [-0.25, -0.2) is 4.98 Å². The van der Waals surface area contributed by atoms with Gasteiger partial charge in [0.25, 0.3) is 0 Å². The van der Waals surface area contributed by atoms with Gasteiger partial charge >= 0.3 is 23.9 Å². The van der Waals surface area contributed by atoms with Crippen molar-refractivity contribution in [2.24, 2.45) is 0 Å². The fourth-order valence-corrected chi connectivity index (χ4v) is 2.28. The van der Waals surface area contributed by atoms with Crippen molar-refractivity contribution >= 4 is 29.7 Å². The van der Waals surface area contributed by atoms with E-state index in [1.807, 2.05) is 0 Å². The minimum atomic E-state index is -1.38. The molecule has 1 heterocycles. The predicted octanol–water partition coefficient (Wildman–Crippen LogP) is 0.643. The van der Waals surface area contributed by atoms with Crippen molar-refractivity contribution in [1.29, 1.82) is 0 Å². The van der Waals surface area contributed by atoms with Gasteiger partial charge in [-0.15, -0.1) is 0 Å². The molecular weight excluding hydrogens is 376 g/mol. The zero-order valence-corrected chi connectivity index (χ0v) is 16.1. The molecule has 28 heavy (non-hydrogen) atoms. The van der Waals surface area contributed by atoms with Crippen molar-refractivity contribution < 1.29 is 42.9 Å². The van der Waals surface area contributed by atoms with Crippen LogP contribution in [0.3, 0.4) is 0 Å². The van der Waals surface area contributed by atoms with E-state index in [-0.39, 0.29) is 17.3 Å². The number of carbonyl (C=O) groups excluding carboxylic acids is 5. The molecule has 0 radical (unpaired) electrons. The van der Waals surface area contributed by atoms with Crippen molar-refractivity contribution in [3.05, 3.63) is 17.7 Å². The van der Waals surface area contributed by atoms with Gasteiger partial charge in [-0.05, 0) is 0 Å². The van der Waals surface area contributed by atoms with Gasteiger partial charge in [0.2, 0.25) is 0 Å². The molecule has 11 heteroatoms. The third-order valence-electron chi connectivity index (χ3n) is 3.26. The van der Waals surface area contributed by atoms with Gasteiger partial charge in [0.15, 0.2) is 29.9 Å². The second kappa shape index (κ2) is 10.2. The first-order valence-corrected chi connectivity index (χ1v) is 8.22. The van der Waals surface area contributed by atoms with Gasteiger partial charge < -0.3 is 23.9 Å². The Bertz CT molecular complexity index is 756. The number of aromatic amines is 1. The van der Waals surface area contributed by atoms with Crippen LogP contribution in [-0.2, 0) is 38.1 Å². The van der Waals surface area contributed by atoms with Crippen LogP contribution in [-0.4, -0.2) is 58.4 Å². The Hall–Kier alpha value is -3.24. The average Bonchev–Trinajstić information content (AvgIpc) is 3.04. The van der Waals surface area contributed by atoms with E-state index in [1.54, 1.807) is 0 Å². The summed E-state index contributed by atoms with van der Waals surface area (Å²) in [7, 11) is 0. The first kappa shape index (κ1) is 22.8. The summed E-state index contributed by atoms with van der Waals surface area (Å²) in [6.45, 7) is 5.28. The molecule has 1 aromatic rings. The number of hydrogen-bond donors (Lipinski definition) is 1. The molecule has 1 rings (SSSR count). The minimum absolute atomic E-state index is 0.0160. The molecule has 0 fully saturated rings. The highest BCUT2D eigenvalue weighted by Gasteiger charge is 2.40. The van der Waals surface area contributed by atoms with Gasteiger partial charge in [-0.3, -0.25) is 24.0 Å². The molecule has 0 amide bonds. The van der Waals surface area contributed by atoms with Crippen molar-refractivity contribution in [3.63, 3.8) is 0 Å². The zero-order valence-electron chi connectivity index (χ0n) is 16.1. The fourth-order valence-electron chi connectivity index (χ4n) is 2.28. The highest BCUT2D eigenvalue weighted by Crippen LogP contribution is 2.27. The van der Waals surface area contributed by atoms with Gasteiger partial charge in [0, 0.05) is 34.6 Å². The maximum atomic E-state index is 11.6. The molecule has 0 aliphatic heterocycles. The summed E-state index contributed by atoms with van der Waals surface area (Å²) in [5, 5.41) is 0. The van der Waals surface area contributed by atoms with Crippen molar-refractivity contribution in [2.75, 3.05) is 6.61 Å². The summed E-state index contributed by atoms with van der Waals surface area (Å²) in [4.78, 5) is 63.9. The first-order valence-electron chi connectivity index (χ1n) is 8.22. The number of hydrogen-bond acceptors (Lipinski definition) is 10. The van der Waals surface area contributed by atoms with Gasteiger partial charge in [0.1, 0.15) is 6.61 Å². The third-order valence-corrected chi connectivity index (χ3v) is 3.26. The average molecular weight is 398 g/mol. The van der Waals surface area contributed by atoms with Crippen molar-refractivity contribution in [2.45, 2.75) is 52.9 Å². The van der Waals surface area contributed by atoms with Crippen LogP contribution in [0.25, 0.3) is 0 Å². The second-order valence-corrected chi connectivity index (χ2v) is 5.80. The highest BCUT2D eigenvalue weighted by molar-refractivity contribution is 5.90. The maximum absolute atomic E-state index is 11.6. The number of aromatic nitrogens is 2. The van der Waals surface area contributed by atoms with Crippen molar-refractivity contribution in [3.8, 4) is 0 Å². The summed E-state index contributed by atoms with van der Waals surface area (Å²) in [6.07, 6.45) is -2.78. The van der Waals surface area contributed by atoms with Crippen LogP contribution in [0, 0.1) is 0 Å². The Kier molecular flexibility index (Phi) is 8.29. The summed E-state index contributed by atoms with van der Waals surface area (Å²) in [5.41, 5.74) is 0.117. The van der Waals surface area contributed by atoms with E-state index in [4.69, 9.17) is 18.9 Å². The Balaban J connectivity index is 3.36. The van der Waals surface area contributed by atoms with Crippen LogP contribution in [0.15, 0.2) is 6.20 Å². The van der Waals surface area contributed by atoms with E-state index in [0.29, 0.717) is 0 Å². The molecule has 11 nitrogen and oxygen atoms in total. The van der Waals surface area contributed by atoms with Crippen LogP contribution in [0.4, 0.5) is 0 Å². The molecule has 0 unspecified atom stereocenters. The highest BCUT2D eigenvalue weighted by atomic mass is 16.6. The molecule has 0 aromatic carbocycles. The van der Waals surface area contributed by atoms with Crippen LogP contribution in [0.2, 0.25) is 0 Å². The molecule has 3 atom stereocenters. The fraction of sp³-hybridized carbons (Fsp3) is 0.529. The standard InChI is InChI=1S/C17H22N2O9/c1-8(20)17-18-6-13(19-17)15(27-11(4)23)16(28-12(5)24)14(26-10(3)22)7-25-9(2)21/h6,14-16H,7H2,1-5H3,(H,18,19)/t14-,15+,16-/m1/s1. The van der Waals surface area contributed by atoms with E-state index >= 15 is 0 Å². The molecule has 1 N–H and O–H groups in total. The third kappa shape index (κ3) is 7.17. The molecular formula is C17H22N2O9. The topological polar surface area (TPSA) is 151 Å². The lowest BCUT2D eigenvalue weighted by Crippen LogP contribution is -2.43. The molecule has 154 valence electrons. The monoisotopic (exact) mass is 398 g/mol. The van der Waals surface area contributed by atoms with E-state index in [1.165, 1.54) is 13.1 Å². The lowest BCUT2D eigenvalue weighted by molar-refractivity contribution is -0.190. The van der Waals surface area contributed by atoms with Crippen LogP contribution >= 0.6 is 0 Å². The van der Waals surface area contributed by atoms with E-state index < -0.39 is 48.8 Å². The summed E-state index contributed by atoms with van der Waals surface area (Å²) in [5.74, 6) is -3.32. The quantitative estimate of drug-likeness (QED) is 0.356. The van der Waals surface area contributed by atoms with Gasteiger partial charge in [0.05, 0.1) is 11.9 Å². The normalized spacial score (nSPS) is 13.6. The molecule has 0 aliphatic rings. The largest absolute Gasteiger partial charge is 0.462 e. The zero-order chi connectivity index (χ0) is 21.4. The Morgan fingerprint density at radius 3 is 1.89 bits per heavy atom. The Morgan fingerprint density at radius 2 is 1.46 bits per heavy atom. The number of ether oxygens (including phenoxy) is 4. The molecule has 1 aromatic heterocycles. The lowest BCUT2D eigenvalue weighted by Gasteiger charge is -2.31. The minimum Gasteiger partial charge on any atom is -0.462 e. The number of nitrogens with one attached hydrogen (secondary N) is 1. The van der Waals surface area contributed by atoms with Crippen LogP contribution in [0.5, 0.6) is 0 Å². The number of Topliss-reactive ketones (excluding diaryl/α,β-unsaturated/α-hetero) is 1. The molecule has 0 bridgehead atoms. The Morgan fingerprint density at radius 1 is 0.893 bits per heavy atom. The first-order chi connectivity index (χ1) is 13.0. The summed E-state index contributed by atoms with van der Waals surface area (Å²) >= 11 is 0. The lowest BCUT2D eigenvalue weighted by atomic mass is 10.1. The SMILES string of the molecule is CC(=O)OC[C@@H](OC(C)=O)[C@@H](OC(C)=O)[C@@H](OC(C)=O)c1cnc(C(C)=O)[nH]1. The van der Waals surface area contributed by atoms with E-state index in [0.717, 1.165) is 27.7 Å². The second-order valence-electron chi connectivity index (χ2n) is 5.80. The number of rotatable bonds is 9. The number of nitrogens with zero attached hydrogens (tertiary/aromatic N) is 1. The number of carbonyl (C=O) groups is 5. The number of imidazole rings is 1. The molecule has 0 saturated heterocycles. The number of ketones is 1. The molecule has 0 aliphatic carbocycles. The van der Waals surface area contributed by atoms with Crippen LogP contribution in [0.1, 0.15) is 57.0 Å². The molecule has 0 saturated carbocycles. The molecule has 0 spiro atoms. The summed E-state index contributed by atoms with van der Waals surface area (Å²) < 4.78 is 20.4. The van der Waals surface area contributed by atoms with Gasteiger partial charge in [-0.2, -0.15) is 0 Å². The number of esters is 4. The van der Waals surface area contributed by atoms with Gasteiger partial charge in [-0.1, -0.05) is 0 Å². The van der Waals surface area contributed by atoms with E-state index in [2.05, 4.69) is 9.97 Å².